The molecule has 3 amide bonds. The number of benzene rings is 4. The summed E-state index contributed by atoms with van der Waals surface area (Å²) in [5.74, 6) is 2.70. The number of anilines is 1. The molecule has 0 unspecified atom stereocenters. The minimum absolute atomic E-state index is 0.0658. The number of para-hydroxylation sites is 2. The Morgan fingerprint density at radius 2 is 1.56 bits per heavy atom. The minimum Gasteiger partial charge on any atom is -0.409 e. The van der Waals surface area contributed by atoms with Crippen molar-refractivity contribution in [3.63, 3.8) is 0 Å². The molecule has 3 aliphatic heterocycles. The summed E-state index contributed by atoms with van der Waals surface area (Å²) in [4.78, 5) is 50.7. The van der Waals surface area contributed by atoms with E-state index in [1.54, 1.807) is 41.1 Å². The second-order valence-electron chi connectivity index (χ2n) is 15.1. The van der Waals surface area contributed by atoms with Crippen LogP contribution in [0.4, 0.5) is 10.5 Å². The van der Waals surface area contributed by atoms with Gasteiger partial charge in [-0.2, -0.15) is 0 Å². The van der Waals surface area contributed by atoms with Crippen molar-refractivity contribution in [3.05, 3.63) is 142 Å². The van der Waals surface area contributed by atoms with E-state index in [-0.39, 0.29) is 24.4 Å². The van der Waals surface area contributed by atoms with Crippen LogP contribution in [0.25, 0.3) is 11.3 Å². The molecular formula is C47H47N5O5. The third-order valence-electron chi connectivity index (χ3n) is 11.8. The highest BCUT2D eigenvalue weighted by Crippen LogP contribution is 2.36. The van der Waals surface area contributed by atoms with Crippen molar-refractivity contribution in [3.8, 4) is 29.4 Å². The van der Waals surface area contributed by atoms with E-state index in [1.165, 1.54) is 5.56 Å². The van der Waals surface area contributed by atoms with Crippen LogP contribution in [0.2, 0.25) is 0 Å². The topological polar surface area (TPSA) is 87.6 Å². The molecule has 10 heteroatoms. The van der Waals surface area contributed by atoms with Crippen LogP contribution >= 0.6 is 0 Å². The van der Waals surface area contributed by atoms with Crippen LogP contribution in [0.3, 0.4) is 0 Å². The molecule has 0 saturated carbocycles. The molecule has 5 aromatic rings. The number of hydrogen-bond acceptors (Lipinski definition) is 6. The number of hydrogen-bond donors (Lipinski definition) is 0. The summed E-state index contributed by atoms with van der Waals surface area (Å²) in [6.45, 7) is 6.83. The van der Waals surface area contributed by atoms with E-state index in [4.69, 9.17) is 15.9 Å². The van der Waals surface area contributed by atoms with Crippen LogP contribution < -0.4 is 9.64 Å². The second kappa shape index (κ2) is 16.1. The zero-order chi connectivity index (χ0) is 39.6. The van der Waals surface area contributed by atoms with Crippen LogP contribution in [0.1, 0.15) is 54.2 Å². The number of nitrogens with zero attached hydrogens (tertiary/aromatic N) is 5. The van der Waals surface area contributed by atoms with Gasteiger partial charge in [0.05, 0.1) is 24.3 Å². The first-order valence-corrected chi connectivity index (χ1v) is 19.6. The average Bonchev–Trinajstić information content (AvgIpc) is 3.55. The molecule has 0 bridgehead atoms. The van der Waals surface area contributed by atoms with Crippen LogP contribution in [0, 0.1) is 19.3 Å². The first-order valence-electron chi connectivity index (χ1n) is 19.6. The lowest BCUT2D eigenvalue weighted by Gasteiger charge is -2.41. The fourth-order valence-electron chi connectivity index (χ4n) is 8.34. The largest absolute Gasteiger partial charge is 0.415 e. The highest BCUT2D eigenvalue weighted by molar-refractivity contribution is 6.08. The van der Waals surface area contributed by atoms with Gasteiger partial charge in [-0.05, 0) is 84.5 Å². The van der Waals surface area contributed by atoms with Gasteiger partial charge in [0, 0.05) is 87.6 Å². The lowest BCUT2D eigenvalue weighted by molar-refractivity contribution is 0.0193. The fourth-order valence-corrected chi connectivity index (χ4v) is 8.34. The molecule has 1 atom stereocenters. The quantitative estimate of drug-likeness (QED) is 0.172. The standard InChI is InChI=1S/C47H47N5O5/c1-5-33-13-11-12-18-44(33)57-47(55)51-20-19-35-26-41(43-28-40(32(2)48(43)3)45(53)49(4)38-16-7-6-8-17-38)42(27-37(35)29-51)46(54)52-30-36-15-10-9-14-34(36)25-39(52)31-50-21-23-56-24-22-50/h1,6-18,26-28,39H,19-25,29-31H2,2-4H3/t39-/m0/s1. The molecule has 1 saturated heterocycles. The number of fused-ring (bicyclic) bond motifs is 2. The molecular weight excluding hydrogens is 715 g/mol. The lowest BCUT2D eigenvalue weighted by atomic mass is 9.89. The van der Waals surface area contributed by atoms with Gasteiger partial charge in [-0.25, -0.2) is 4.79 Å². The summed E-state index contributed by atoms with van der Waals surface area (Å²) in [7, 11) is 3.73. The second-order valence-corrected chi connectivity index (χ2v) is 15.1. The maximum absolute atomic E-state index is 15.4. The van der Waals surface area contributed by atoms with Crippen molar-refractivity contribution in [2.45, 2.75) is 38.9 Å². The van der Waals surface area contributed by atoms with Crippen LogP contribution in [-0.2, 0) is 37.7 Å². The van der Waals surface area contributed by atoms with Gasteiger partial charge in [0.2, 0.25) is 0 Å². The Morgan fingerprint density at radius 1 is 0.842 bits per heavy atom. The zero-order valence-corrected chi connectivity index (χ0v) is 32.7. The number of ether oxygens (including phenoxy) is 2. The summed E-state index contributed by atoms with van der Waals surface area (Å²) in [6, 6.07) is 30.9. The van der Waals surface area contributed by atoms with Gasteiger partial charge in [-0.3, -0.25) is 14.5 Å². The fraction of sp³-hybridized carbons (Fsp3) is 0.298. The number of morpholine rings is 1. The molecule has 4 heterocycles. The van der Waals surface area contributed by atoms with Crippen molar-refractivity contribution >= 4 is 23.6 Å². The molecule has 10 nitrogen and oxygen atoms in total. The van der Waals surface area contributed by atoms with Crippen molar-refractivity contribution in [2.24, 2.45) is 7.05 Å². The van der Waals surface area contributed by atoms with Gasteiger partial charge >= 0.3 is 6.09 Å². The van der Waals surface area contributed by atoms with Crippen LogP contribution in [0.5, 0.6) is 5.75 Å². The Morgan fingerprint density at radius 3 is 2.33 bits per heavy atom. The predicted octanol–water partition coefficient (Wildman–Crippen LogP) is 6.71. The highest BCUT2D eigenvalue weighted by atomic mass is 16.6. The molecule has 0 spiro atoms. The van der Waals surface area contributed by atoms with Crippen LogP contribution in [-0.4, -0.2) is 89.7 Å². The van der Waals surface area contributed by atoms with Gasteiger partial charge < -0.3 is 28.7 Å². The van der Waals surface area contributed by atoms with E-state index in [9.17, 15) is 9.59 Å². The number of carbonyl (C=O) groups excluding carboxylic acids is 3. The SMILES string of the molecule is C#Cc1ccccc1OC(=O)N1CCc2cc(-c3cc(C(=O)N(C)c4ccccc4)c(C)n3C)c(C(=O)N3Cc4ccccc4C[C@H]3CN3CCOCC3)cc2C1. The molecule has 0 N–H and O–H groups in total. The molecule has 1 aromatic heterocycles. The average molecular weight is 762 g/mol. The Bertz CT molecular complexity index is 2370. The molecule has 4 aromatic carbocycles. The van der Waals surface area contributed by atoms with E-state index >= 15 is 4.79 Å². The van der Waals surface area contributed by atoms with Crippen molar-refractivity contribution < 1.29 is 23.9 Å². The first-order chi connectivity index (χ1) is 27.7. The maximum atomic E-state index is 15.4. The monoisotopic (exact) mass is 761 g/mol. The Kier molecular flexibility index (Phi) is 10.7. The number of carbonyl (C=O) groups is 3. The Hall–Kier alpha value is -6.15. The summed E-state index contributed by atoms with van der Waals surface area (Å²) in [5.41, 5.74) is 9.03. The zero-order valence-electron chi connectivity index (χ0n) is 32.7. The predicted molar refractivity (Wildman–Crippen MR) is 220 cm³/mol. The van der Waals surface area contributed by atoms with Gasteiger partial charge in [0.1, 0.15) is 5.75 Å². The first kappa shape index (κ1) is 37.8. The maximum Gasteiger partial charge on any atom is 0.415 e. The molecule has 57 heavy (non-hydrogen) atoms. The lowest BCUT2D eigenvalue weighted by Crippen LogP contribution is -2.52. The number of amides is 3. The van der Waals surface area contributed by atoms with E-state index in [2.05, 4.69) is 35.1 Å². The normalized spacial score (nSPS) is 16.6. The number of rotatable bonds is 7. The summed E-state index contributed by atoms with van der Waals surface area (Å²) in [6.07, 6.45) is 6.49. The smallest absolute Gasteiger partial charge is 0.409 e. The molecule has 0 aliphatic carbocycles. The summed E-state index contributed by atoms with van der Waals surface area (Å²) < 4.78 is 13.5. The highest BCUT2D eigenvalue weighted by Gasteiger charge is 2.35. The number of aromatic nitrogens is 1. The van der Waals surface area contributed by atoms with E-state index in [1.807, 2.05) is 72.0 Å². The molecule has 8 rings (SSSR count). The summed E-state index contributed by atoms with van der Waals surface area (Å²) >= 11 is 0. The van der Waals surface area contributed by atoms with Crippen LogP contribution in [0.15, 0.2) is 97.1 Å². The van der Waals surface area contributed by atoms with Gasteiger partial charge in [0.15, 0.2) is 0 Å². The number of terminal acetylenes is 1. The third kappa shape index (κ3) is 7.56. The third-order valence-corrected chi connectivity index (χ3v) is 11.8. The Labute approximate surface area is 334 Å². The van der Waals surface area contributed by atoms with Gasteiger partial charge in [-0.1, -0.05) is 60.5 Å². The summed E-state index contributed by atoms with van der Waals surface area (Å²) in [5, 5.41) is 0. The van der Waals surface area contributed by atoms with E-state index in [0.717, 1.165) is 65.4 Å². The Balaban J connectivity index is 1.19. The van der Waals surface area contributed by atoms with Crippen molar-refractivity contribution in [2.75, 3.05) is 51.3 Å². The molecule has 3 aliphatic rings. The molecule has 0 radical (unpaired) electrons. The minimum atomic E-state index is -0.498. The van der Waals surface area contributed by atoms with Gasteiger partial charge in [-0.15, -0.1) is 6.42 Å². The van der Waals surface area contributed by atoms with Crippen molar-refractivity contribution in [1.29, 1.82) is 0 Å². The molecule has 1 fully saturated rings. The van der Waals surface area contributed by atoms with E-state index < -0.39 is 6.09 Å². The molecule has 290 valence electrons. The van der Waals surface area contributed by atoms with Crippen molar-refractivity contribution in [1.82, 2.24) is 19.3 Å². The van der Waals surface area contributed by atoms with Gasteiger partial charge in [0.25, 0.3) is 11.8 Å². The van der Waals surface area contributed by atoms with E-state index in [0.29, 0.717) is 55.2 Å².